The number of halogens is 1. The highest BCUT2D eigenvalue weighted by molar-refractivity contribution is 7.14. The van der Waals surface area contributed by atoms with Crippen molar-refractivity contribution in [2.24, 2.45) is 0 Å². The van der Waals surface area contributed by atoms with Gasteiger partial charge in [0, 0.05) is 41.7 Å². The molecule has 24 heavy (non-hydrogen) atoms. The number of ether oxygens (including phenoxy) is 1. The van der Waals surface area contributed by atoms with Gasteiger partial charge in [0.2, 0.25) is 0 Å². The van der Waals surface area contributed by atoms with E-state index < -0.39 is 0 Å². The topological polar surface area (TPSA) is 39.1 Å². The van der Waals surface area contributed by atoms with E-state index in [0.29, 0.717) is 6.61 Å². The van der Waals surface area contributed by atoms with Crippen LogP contribution >= 0.6 is 11.3 Å². The van der Waals surface area contributed by atoms with Gasteiger partial charge >= 0.3 is 0 Å². The predicted octanol–water partition coefficient (Wildman–Crippen LogP) is 4.42. The zero-order valence-electron chi connectivity index (χ0n) is 14.0. The lowest BCUT2D eigenvalue weighted by Gasteiger charge is -2.09. The van der Waals surface area contributed by atoms with Crippen molar-refractivity contribution in [3.63, 3.8) is 0 Å². The number of anilines is 1. The van der Waals surface area contributed by atoms with Gasteiger partial charge in [0.1, 0.15) is 5.82 Å². The van der Waals surface area contributed by atoms with Crippen LogP contribution in [0.15, 0.2) is 35.7 Å². The highest BCUT2D eigenvalue weighted by atomic mass is 32.1. The molecule has 0 fully saturated rings. The van der Waals surface area contributed by atoms with Crippen molar-refractivity contribution >= 4 is 16.5 Å². The minimum Gasteiger partial charge on any atom is -0.383 e. The Hall–Kier alpha value is -2.18. The fourth-order valence-electron chi connectivity index (χ4n) is 2.77. The van der Waals surface area contributed by atoms with Crippen molar-refractivity contribution in [3.8, 4) is 16.9 Å². The van der Waals surface area contributed by atoms with E-state index in [2.05, 4.69) is 20.9 Å². The molecule has 3 aromatic rings. The summed E-state index contributed by atoms with van der Waals surface area (Å²) in [7, 11) is 1.68. The molecule has 126 valence electrons. The van der Waals surface area contributed by atoms with Crippen molar-refractivity contribution in [2.75, 3.05) is 25.6 Å². The number of hydrogen-bond donors (Lipinski definition) is 1. The molecule has 0 saturated heterocycles. The zero-order chi connectivity index (χ0) is 17.1. The summed E-state index contributed by atoms with van der Waals surface area (Å²) in [4.78, 5) is 4.64. The quantitative estimate of drug-likeness (QED) is 0.673. The van der Waals surface area contributed by atoms with Crippen LogP contribution in [-0.4, -0.2) is 29.8 Å². The summed E-state index contributed by atoms with van der Waals surface area (Å²) in [5.74, 6) is -0.236. The van der Waals surface area contributed by atoms with Crippen LogP contribution < -0.4 is 5.32 Å². The van der Waals surface area contributed by atoms with Gasteiger partial charge in [0.25, 0.3) is 0 Å². The monoisotopic (exact) mass is 345 g/mol. The third-order valence-electron chi connectivity index (χ3n) is 3.86. The second-order valence-electron chi connectivity index (χ2n) is 5.56. The van der Waals surface area contributed by atoms with Gasteiger partial charge in [0.15, 0.2) is 5.13 Å². The molecule has 0 aliphatic heterocycles. The van der Waals surface area contributed by atoms with Gasteiger partial charge in [-0.25, -0.2) is 9.37 Å². The van der Waals surface area contributed by atoms with Crippen LogP contribution in [0.5, 0.6) is 0 Å². The smallest absolute Gasteiger partial charge is 0.183 e. The lowest BCUT2D eigenvalue weighted by Crippen LogP contribution is -2.07. The van der Waals surface area contributed by atoms with Crippen LogP contribution in [0.25, 0.3) is 16.9 Å². The zero-order valence-corrected chi connectivity index (χ0v) is 14.8. The molecule has 4 nitrogen and oxygen atoms in total. The van der Waals surface area contributed by atoms with Crippen molar-refractivity contribution in [1.29, 1.82) is 0 Å². The Morgan fingerprint density at radius 3 is 2.88 bits per heavy atom. The van der Waals surface area contributed by atoms with E-state index in [1.54, 1.807) is 30.6 Å². The highest BCUT2D eigenvalue weighted by Gasteiger charge is 2.15. The molecule has 0 radical (unpaired) electrons. The van der Waals surface area contributed by atoms with Gasteiger partial charge in [-0.05, 0) is 38.1 Å². The Labute approximate surface area is 144 Å². The fraction of sp³-hybridized carbons (Fsp3) is 0.278. The van der Waals surface area contributed by atoms with E-state index in [9.17, 15) is 4.39 Å². The number of aryl methyl sites for hydroxylation is 1. The minimum atomic E-state index is -0.236. The number of nitrogens with one attached hydrogen (secondary N) is 1. The summed E-state index contributed by atoms with van der Waals surface area (Å²) in [5.41, 5.74) is 4.91. The first-order chi connectivity index (χ1) is 11.6. The van der Waals surface area contributed by atoms with Crippen LogP contribution in [0.2, 0.25) is 0 Å². The van der Waals surface area contributed by atoms with Crippen molar-refractivity contribution < 1.29 is 9.13 Å². The molecule has 2 heterocycles. The molecule has 2 aromatic heterocycles. The first-order valence-corrected chi connectivity index (χ1v) is 8.61. The molecule has 0 unspecified atom stereocenters. The number of nitrogens with zero attached hydrogens (tertiary/aromatic N) is 2. The third-order valence-corrected chi connectivity index (χ3v) is 4.66. The number of methoxy groups -OCH3 is 1. The second kappa shape index (κ2) is 7.15. The van der Waals surface area contributed by atoms with Gasteiger partial charge < -0.3 is 14.6 Å². The first kappa shape index (κ1) is 16.7. The molecular weight excluding hydrogens is 325 g/mol. The molecule has 0 saturated carbocycles. The Bertz CT molecular complexity index is 841. The van der Waals surface area contributed by atoms with Gasteiger partial charge in [-0.1, -0.05) is 6.07 Å². The number of aromatic nitrogens is 2. The van der Waals surface area contributed by atoms with Crippen molar-refractivity contribution in [2.45, 2.75) is 13.8 Å². The fourth-order valence-corrected chi connectivity index (χ4v) is 3.51. The number of thiazole rings is 1. The van der Waals surface area contributed by atoms with Crippen molar-refractivity contribution in [3.05, 3.63) is 52.9 Å². The van der Waals surface area contributed by atoms with Gasteiger partial charge in [-0.15, -0.1) is 11.3 Å². The van der Waals surface area contributed by atoms with Gasteiger partial charge in [-0.2, -0.15) is 0 Å². The highest BCUT2D eigenvalue weighted by Crippen LogP contribution is 2.31. The number of hydrogen-bond acceptors (Lipinski definition) is 4. The van der Waals surface area contributed by atoms with Crippen LogP contribution in [0.1, 0.15) is 11.4 Å². The normalized spacial score (nSPS) is 11.0. The lowest BCUT2D eigenvalue weighted by atomic mass is 10.2. The van der Waals surface area contributed by atoms with E-state index in [1.807, 2.05) is 25.3 Å². The maximum Gasteiger partial charge on any atom is 0.183 e. The maximum absolute atomic E-state index is 13.6. The summed E-state index contributed by atoms with van der Waals surface area (Å²) in [6.45, 7) is 5.42. The first-order valence-electron chi connectivity index (χ1n) is 7.73. The summed E-state index contributed by atoms with van der Waals surface area (Å²) in [6.07, 6.45) is 0. The minimum absolute atomic E-state index is 0.236. The van der Waals surface area contributed by atoms with E-state index in [1.165, 1.54) is 6.07 Å². The molecule has 6 heteroatoms. The SMILES string of the molecule is COCCNc1nc(-c2cc(C)n(-c3cccc(F)c3)c2C)cs1. The third kappa shape index (κ3) is 3.34. The van der Waals surface area contributed by atoms with Crippen LogP contribution in [0.3, 0.4) is 0 Å². The molecule has 0 amide bonds. The Morgan fingerprint density at radius 2 is 2.12 bits per heavy atom. The Kier molecular flexibility index (Phi) is 4.97. The number of benzene rings is 1. The van der Waals surface area contributed by atoms with E-state index in [-0.39, 0.29) is 5.82 Å². The van der Waals surface area contributed by atoms with E-state index in [4.69, 9.17) is 4.74 Å². The Balaban J connectivity index is 1.92. The molecular formula is C18H20FN3OS. The standard InChI is InChI=1S/C18H20FN3OS/c1-12-9-16(17-11-24-18(21-17)20-7-8-23-3)13(2)22(12)15-6-4-5-14(19)10-15/h4-6,9-11H,7-8H2,1-3H3,(H,20,21). The summed E-state index contributed by atoms with van der Waals surface area (Å²) < 4.78 is 20.6. The lowest BCUT2D eigenvalue weighted by molar-refractivity contribution is 0.211. The average molecular weight is 345 g/mol. The van der Waals surface area contributed by atoms with Gasteiger partial charge in [0.05, 0.1) is 12.3 Å². The summed E-state index contributed by atoms with van der Waals surface area (Å²) >= 11 is 1.57. The van der Waals surface area contributed by atoms with E-state index in [0.717, 1.165) is 40.0 Å². The average Bonchev–Trinajstić information content (AvgIpc) is 3.12. The van der Waals surface area contributed by atoms with Crippen LogP contribution in [-0.2, 0) is 4.74 Å². The second-order valence-corrected chi connectivity index (χ2v) is 6.42. The molecule has 0 aliphatic carbocycles. The van der Waals surface area contributed by atoms with Crippen molar-refractivity contribution in [1.82, 2.24) is 9.55 Å². The molecule has 0 spiro atoms. The molecule has 3 rings (SSSR count). The molecule has 1 N–H and O–H groups in total. The van der Waals surface area contributed by atoms with Crippen LogP contribution in [0.4, 0.5) is 9.52 Å². The molecule has 0 atom stereocenters. The maximum atomic E-state index is 13.6. The molecule has 0 aliphatic rings. The Morgan fingerprint density at radius 1 is 1.29 bits per heavy atom. The van der Waals surface area contributed by atoms with Gasteiger partial charge in [-0.3, -0.25) is 0 Å². The van der Waals surface area contributed by atoms with E-state index >= 15 is 0 Å². The largest absolute Gasteiger partial charge is 0.383 e. The number of rotatable bonds is 6. The summed E-state index contributed by atoms with van der Waals surface area (Å²) in [6, 6.07) is 8.73. The van der Waals surface area contributed by atoms with Crippen LogP contribution in [0, 0.1) is 19.7 Å². The predicted molar refractivity (Wildman–Crippen MR) is 96.7 cm³/mol. The molecule has 0 bridgehead atoms. The summed E-state index contributed by atoms with van der Waals surface area (Å²) in [5, 5.41) is 6.15. The molecule has 1 aromatic carbocycles.